The summed E-state index contributed by atoms with van der Waals surface area (Å²) in [5, 5.41) is 13.3. The molecule has 2 N–H and O–H groups in total. The normalized spacial score (nSPS) is 12.4. The number of methoxy groups -OCH3 is 1. The quantitative estimate of drug-likeness (QED) is 0.838. The second kappa shape index (κ2) is 5.72. The van der Waals surface area contributed by atoms with Crippen LogP contribution in [0.1, 0.15) is 28.0 Å². The first kappa shape index (κ1) is 14.7. The number of hydrogen-bond donors (Lipinski definition) is 2. The number of anilines is 1. The van der Waals surface area contributed by atoms with Crippen molar-refractivity contribution >= 4 is 33.3 Å². The summed E-state index contributed by atoms with van der Waals surface area (Å²) < 4.78 is 4.78. The van der Waals surface area contributed by atoms with E-state index in [-0.39, 0.29) is 5.97 Å². The van der Waals surface area contributed by atoms with Crippen molar-refractivity contribution in [3.05, 3.63) is 16.3 Å². The molecule has 0 saturated heterocycles. The number of thiophene rings is 1. The van der Waals surface area contributed by atoms with Crippen LogP contribution in [0.5, 0.6) is 0 Å². The van der Waals surface area contributed by atoms with Gasteiger partial charge in [-0.15, -0.1) is 11.3 Å². The minimum Gasteiger partial charge on any atom is -0.465 e. The van der Waals surface area contributed by atoms with E-state index in [9.17, 15) is 9.90 Å². The van der Waals surface area contributed by atoms with E-state index in [0.717, 1.165) is 15.8 Å². The topological polar surface area (TPSA) is 84.3 Å². The minimum absolute atomic E-state index is 0.371. The average Bonchev–Trinajstić information content (AvgIpc) is 2.72. The van der Waals surface area contributed by atoms with Crippen LogP contribution >= 0.6 is 11.3 Å². The lowest BCUT2D eigenvalue weighted by Crippen LogP contribution is -2.16. The Morgan fingerprint density at radius 3 is 2.75 bits per heavy atom. The number of aryl methyl sites for hydroxylation is 2. The lowest BCUT2D eigenvalue weighted by molar-refractivity contribution is 0.0605. The van der Waals surface area contributed by atoms with Gasteiger partial charge in [0.25, 0.3) is 0 Å². The fourth-order valence-corrected chi connectivity index (χ4v) is 3.05. The van der Waals surface area contributed by atoms with Gasteiger partial charge in [-0.2, -0.15) is 0 Å². The Balaban J connectivity index is 2.56. The summed E-state index contributed by atoms with van der Waals surface area (Å²) in [4.78, 5) is 21.7. The van der Waals surface area contributed by atoms with Gasteiger partial charge in [-0.05, 0) is 26.3 Å². The molecule has 0 radical (unpaired) electrons. The number of aliphatic hydroxyl groups excluding tert-OH is 1. The molecule has 0 aliphatic carbocycles. The Hall–Kier alpha value is -1.73. The van der Waals surface area contributed by atoms with E-state index >= 15 is 0 Å². The number of fused-ring (bicyclic) bond motifs is 1. The number of hydrogen-bond acceptors (Lipinski definition) is 7. The van der Waals surface area contributed by atoms with Gasteiger partial charge in [0.1, 0.15) is 21.3 Å². The largest absolute Gasteiger partial charge is 0.465 e. The van der Waals surface area contributed by atoms with Gasteiger partial charge < -0.3 is 15.2 Å². The van der Waals surface area contributed by atoms with E-state index < -0.39 is 6.10 Å². The van der Waals surface area contributed by atoms with Crippen molar-refractivity contribution in [2.24, 2.45) is 0 Å². The summed E-state index contributed by atoms with van der Waals surface area (Å²) in [5.74, 6) is 0.880. The Morgan fingerprint density at radius 2 is 2.15 bits per heavy atom. The molecule has 2 aromatic heterocycles. The van der Waals surface area contributed by atoms with Crippen molar-refractivity contribution in [3.63, 3.8) is 0 Å². The van der Waals surface area contributed by atoms with E-state index in [2.05, 4.69) is 15.3 Å². The number of carbonyl (C=O) groups excluding carboxylic acids is 1. The van der Waals surface area contributed by atoms with Crippen LogP contribution in [0.25, 0.3) is 10.2 Å². The predicted molar refractivity (Wildman–Crippen MR) is 78.4 cm³/mol. The molecule has 0 aliphatic heterocycles. The monoisotopic (exact) mass is 295 g/mol. The third-order valence-corrected chi connectivity index (χ3v) is 4.00. The van der Waals surface area contributed by atoms with Crippen molar-refractivity contribution in [2.45, 2.75) is 26.9 Å². The fourth-order valence-electron chi connectivity index (χ4n) is 1.91. The van der Waals surface area contributed by atoms with Gasteiger partial charge in [0.15, 0.2) is 0 Å². The number of ether oxygens (including phenoxy) is 1. The molecule has 2 rings (SSSR count). The Bertz CT molecular complexity index is 652. The van der Waals surface area contributed by atoms with Gasteiger partial charge in [-0.1, -0.05) is 0 Å². The molecule has 0 aromatic carbocycles. The highest BCUT2D eigenvalue weighted by molar-refractivity contribution is 7.20. The molecule has 108 valence electrons. The van der Waals surface area contributed by atoms with Crippen molar-refractivity contribution in [1.82, 2.24) is 9.97 Å². The van der Waals surface area contributed by atoms with E-state index in [1.807, 2.05) is 6.92 Å². The van der Waals surface area contributed by atoms with Crippen molar-refractivity contribution in [3.8, 4) is 0 Å². The van der Waals surface area contributed by atoms with E-state index in [1.165, 1.54) is 18.4 Å². The fraction of sp³-hybridized carbons (Fsp3) is 0.462. The van der Waals surface area contributed by atoms with Crippen molar-refractivity contribution in [2.75, 3.05) is 19.0 Å². The minimum atomic E-state index is -0.487. The second-order valence-electron chi connectivity index (χ2n) is 4.58. The van der Waals surface area contributed by atoms with Gasteiger partial charge in [0.2, 0.25) is 0 Å². The Morgan fingerprint density at radius 1 is 1.45 bits per heavy atom. The zero-order chi connectivity index (χ0) is 14.9. The molecular formula is C13H17N3O3S. The van der Waals surface area contributed by atoms with Gasteiger partial charge in [0.05, 0.1) is 18.6 Å². The maximum absolute atomic E-state index is 11.7. The molecule has 2 heterocycles. The summed E-state index contributed by atoms with van der Waals surface area (Å²) in [6.07, 6.45) is -0.487. The van der Waals surface area contributed by atoms with Crippen LogP contribution in [0.15, 0.2) is 0 Å². The number of esters is 1. The highest BCUT2D eigenvalue weighted by Gasteiger charge is 2.20. The summed E-state index contributed by atoms with van der Waals surface area (Å²) in [6.45, 7) is 5.71. The average molecular weight is 295 g/mol. The van der Waals surface area contributed by atoms with Crippen molar-refractivity contribution < 1.29 is 14.6 Å². The first-order valence-corrected chi connectivity index (χ1v) is 7.03. The molecule has 20 heavy (non-hydrogen) atoms. The number of nitrogens with one attached hydrogen (secondary N) is 1. The molecule has 6 nitrogen and oxygen atoms in total. The molecule has 0 saturated carbocycles. The lowest BCUT2D eigenvalue weighted by Gasteiger charge is -2.09. The first-order valence-electron chi connectivity index (χ1n) is 6.22. The number of carbonyl (C=O) groups is 1. The lowest BCUT2D eigenvalue weighted by atomic mass is 10.2. The van der Waals surface area contributed by atoms with Crippen LogP contribution < -0.4 is 5.32 Å². The molecule has 0 spiro atoms. The first-order chi connectivity index (χ1) is 9.43. The smallest absolute Gasteiger partial charge is 0.348 e. The third kappa shape index (κ3) is 2.73. The SMILES string of the molecule is COC(=O)c1sc2nc(C)nc(NC[C@@H](C)O)c2c1C. The van der Waals surface area contributed by atoms with Gasteiger partial charge in [0, 0.05) is 6.54 Å². The van der Waals surface area contributed by atoms with Crippen molar-refractivity contribution in [1.29, 1.82) is 0 Å². The molecule has 0 bridgehead atoms. The highest BCUT2D eigenvalue weighted by Crippen LogP contribution is 2.34. The number of aliphatic hydroxyl groups is 1. The zero-order valence-electron chi connectivity index (χ0n) is 11.9. The third-order valence-electron chi connectivity index (χ3n) is 2.84. The summed E-state index contributed by atoms with van der Waals surface area (Å²) in [7, 11) is 1.36. The van der Waals surface area contributed by atoms with Crippen LogP contribution in [-0.2, 0) is 4.74 Å². The van der Waals surface area contributed by atoms with Crippen LogP contribution in [0.3, 0.4) is 0 Å². The van der Waals surface area contributed by atoms with Gasteiger partial charge >= 0.3 is 5.97 Å². The van der Waals surface area contributed by atoms with E-state index in [1.54, 1.807) is 13.8 Å². The van der Waals surface area contributed by atoms with E-state index in [4.69, 9.17) is 4.74 Å². The maximum Gasteiger partial charge on any atom is 0.348 e. The standard InChI is InChI=1S/C13H17N3O3S/c1-6(17)5-14-11-9-7(2)10(13(18)19-4)20-12(9)16-8(3)15-11/h6,17H,5H2,1-4H3,(H,14,15,16)/t6-/m1/s1. The molecule has 0 amide bonds. The summed E-state index contributed by atoms with van der Waals surface area (Å²) in [6, 6.07) is 0. The molecular weight excluding hydrogens is 278 g/mol. The summed E-state index contributed by atoms with van der Waals surface area (Å²) >= 11 is 1.29. The van der Waals surface area contributed by atoms with Crippen LogP contribution in [0.4, 0.5) is 5.82 Å². The van der Waals surface area contributed by atoms with E-state index in [0.29, 0.717) is 23.1 Å². The molecule has 0 unspecified atom stereocenters. The van der Waals surface area contributed by atoms with Crippen LogP contribution in [0.2, 0.25) is 0 Å². The Labute approximate surface area is 120 Å². The zero-order valence-corrected chi connectivity index (χ0v) is 12.7. The molecule has 7 heteroatoms. The predicted octanol–water partition coefficient (Wildman–Crippen LogP) is 1.89. The van der Waals surface area contributed by atoms with Crippen LogP contribution in [0, 0.1) is 13.8 Å². The molecule has 0 fully saturated rings. The highest BCUT2D eigenvalue weighted by atomic mass is 32.1. The van der Waals surface area contributed by atoms with Gasteiger partial charge in [-0.3, -0.25) is 0 Å². The Kier molecular flexibility index (Phi) is 4.20. The molecule has 0 aliphatic rings. The van der Waals surface area contributed by atoms with Crippen LogP contribution in [-0.4, -0.2) is 40.8 Å². The number of aromatic nitrogens is 2. The molecule has 1 atom stereocenters. The number of rotatable bonds is 4. The molecule has 2 aromatic rings. The summed E-state index contributed by atoms with van der Waals surface area (Å²) in [5.41, 5.74) is 0.796. The number of nitrogens with zero attached hydrogens (tertiary/aromatic N) is 2. The maximum atomic E-state index is 11.7. The van der Waals surface area contributed by atoms with Gasteiger partial charge in [-0.25, -0.2) is 14.8 Å². The second-order valence-corrected chi connectivity index (χ2v) is 5.58.